The number of nitrogens with zero attached hydrogens (tertiary/aromatic N) is 2. The summed E-state index contributed by atoms with van der Waals surface area (Å²) < 4.78 is 25.8. The van der Waals surface area contributed by atoms with Gasteiger partial charge >= 0.3 is 0 Å². The van der Waals surface area contributed by atoms with Crippen molar-refractivity contribution >= 4 is 27.5 Å². The number of amides is 2. The van der Waals surface area contributed by atoms with E-state index in [1.807, 2.05) is 18.2 Å². The van der Waals surface area contributed by atoms with E-state index in [-0.39, 0.29) is 24.4 Å². The molecule has 2 aromatic carbocycles. The Hall–Kier alpha value is -2.87. The van der Waals surface area contributed by atoms with Crippen molar-refractivity contribution in [2.75, 3.05) is 31.2 Å². The molecule has 0 saturated carbocycles. The fourth-order valence-electron chi connectivity index (χ4n) is 3.70. The molecular weight excluding hydrogens is 402 g/mol. The summed E-state index contributed by atoms with van der Waals surface area (Å²) in [5.74, 6) is -0.545. The topological polar surface area (TPSA) is 86.8 Å². The molecule has 1 N–H and O–H groups in total. The molecule has 1 unspecified atom stereocenters. The molecule has 0 radical (unpaired) electrons. The van der Waals surface area contributed by atoms with Crippen LogP contribution in [0.4, 0.5) is 5.69 Å². The maximum atomic E-state index is 12.7. The van der Waals surface area contributed by atoms with E-state index in [4.69, 9.17) is 0 Å². The summed E-state index contributed by atoms with van der Waals surface area (Å²) in [7, 11) is -0.395. The molecular formula is C22H27N3O4S. The highest BCUT2D eigenvalue weighted by Gasteiger charge is 2.25. The molecule has 0 aromatic heterocycles. The van der Waals surface area contributed by atoms with Crippen LogP contribution in [-0.4, -0.2) is 52.0 Å². The van der Waals surface area contributed by atoms with Gasteiger partial charge in [0.2, 0.25) is 15.9 Å². The van der Waals surface area contributed by atoms with Gasteiger partial charge in [-0.3, -0.25) is 13.9 Å². The van der Waals surface area contributed by atoms with Crippen LogP contribution in [0.1, 0.15) is 40.4 Å². The lowest BCUT2D eigenvalue weighted by Crippen LogP contribution is -2.42. The van der Waals surface area contributed by atoms with Gasteiger partial charge in [-0.2, -0.15) is 0 Å². The summed E-state index contributed by atoms with van der Waals surface area (Å²) >= 11 is 0. The van der Waals surface area contributed by atoms with Gasteiger partial charge in [-0.05, 0) is 54.7 Å². The Balaban J connectivity index is 1.76. The molecule has 1 aliphatic rings. The zero-order valence-corrected chi connectivity index (χ0v) is 18.3. The summed E-state index contributed by atoms with van der Waals surface area (Å²) in [6, 6.07) is 14.1. The minimum Gasteiger partial charge on any atom is -0.348 e. The molecule has 1 atom stereocenters. The first kappa shape index (κ1) is 21.8. The van der Waals surface area contributed by atoms with Crippen molar-refractivity contribution in [1.29, 1.82) is 0 Å². The number of carbonyl (C=O) groups is 2. The standard InChI is InChI=1S/C22H27N3O4S/c1-24(2)22(27)17-11-13-18(14-12-17)25(30(3,28)29)15-21(26)23-20-10-6-8-16-7-4-5-9-19(16)20/h4-5,7,9,11-14,20H,6,8,10,15H2,1-3H3,(H,23,26). The van der Waals surface area contributed by atoms with Crippen LogP contribution < -0.4 is 9.62 Å². The summed E-state index contributed by atoms with van der Waals surface area (Å²) in [6.45, 7) is -0.321. The summed E-state index contributed by atoms with van der Waals surface area (Å²) in [4.78, 5) is 26.2. The number of hydrogen-bond donors (Lipinski definition) is 1. The molecule has 7 nitrogen and oxygen atoms in total. The number of carbonyl (C=O) groups excluding carboxylic acids is 2. The monoisotopic (exact) mass is 429 g/mol. The Morgan fingerprint density at radius 2 is 1.73 bits per heavy atom. The number of fused-ring (bicyclic) bond motifs is 1. The molecule has 0 heterocycles. The van der Waals surface area contributed by atoms with Crippen molar-refractivity contribution in [2.45, 2.75) is 25.3 Å². The largest absolute Gasteiger partial charge is 0.348 e. The van der Waals surface area contributed by atoms with Gasteiger partial charge in [0.1, 0.15) is 6.54 Å². The number of hydrogen-bond acceptors (Lipinski definition) is 4. The lowest BCUT2D eigenvalue weighted by Gasteiger charge is -2.28. The first-order valence-electron chi connectivity index (χ1n) is 9.83. The van der Waals surface area contributed by atoms with Crippen molar-refractivity contribution in [3.05, 3.63) is 65.2 Å². The minimum absolute atomic E-state index is 0.121. The van der Waals surface area contributed by atoms with Crippen LogP contribution in [0.15, 0.2) is 48.5 Å². The van der Waals surface area contributed by atoms with Gasteiger partial charge in [-0.1, -0.05) is 24.3 Å². The van der Waals surface area contributed by atoms with Crippen molar-refractivity contribution in [3.63, 3.8) is 0 Å². The molecule has 0 fully saturated rings. The second-order valence-corrected chi connectivity index (χ2v) is 9.63. The van der Waals surface area contributed by atoms with E-state index in [9.17, 15) is 18.0 Å². The molecule has 2 aromatic rings. The minimum atomic E-state index is -3.69. The Bertz CT molecular complexity index is 1030. The third kappa shape index (κ3) is 4.99. The van der Waals surface area contributed by atoms with Crippen LogP contribution in [0.3, 0.4) is 0 Å². The van der Waals surface area contributed by atoms with Crippen LogP contribution in [0, 0.1) is 0 Å². The van der Waals surface area contributed by atoms with Crippen LogP contribution in [0.5, 0.6) is 0 Å². The number of benzene rings is 2. The van der Waals surface area contributed by atoms with Gasteiger partial charge in [0.05, 0.1) is 18.0 Å². The average Bonchev–Trinajstić information content (AvgIpc) is 2.71. The maximum absolute atomic E-state index is 12.7. The van der Waals surface area contributed by atoms with Crippen molar-refractivity contribution in [1.82, 2.24) is 10.2 Å². The Kier molecular flexibility index (Phi) is 6.45. The molecule has 3 rings (SSSR count). The molecule has 30 heavy (non-hydrogen) atoms. The maximum Gasteiger partial charge on any atom is 0.253 e. The van der Waals surface area contributed by atoms with Crippen molar-refractivity contribution in [2.24, 2.45) is 0 Å². The van der Waals surface area contributed by atoms with Gasteiger partial charge in [0.15, 0.2) is 0 Å². The number of rotatable bonds is 6. The van der Waals surface area contributed by atoms with Crippen molar-refractivity contribution < 1.29 is 18.0 Å². The fourth-order valence-corrected chi connectivity index (χ4v) is 4.56. The predicted molar refractivity (Wildman–Crippen MR) is 117 cm³/mol. The highest BCUT2D eigenvalue weighted by molar-refractivity contribution is 7.92. The van der Waals surface area contributed by atoms with E-state index in [1.54, 1.807) is 38.4 Å². The zero-order valence-electron chi connectivity index (χ0n) is 17.5. The van der Waals surface area contributed by atoms with Gasteiger partial charge in [0.25, 0.3) is 5.91 Å². The second-order valence-electron chi connectivity index (χ2n) is 7.73. The van der Waals surface area contributed by atoms with Crippen LogP contribution >= 0.6 is 0 Å². The number of aryl methyl sites for hydroxylation is 1. The van der Waals surface area contributed by atoms with E-state index in [2.05, 4.69) is 11.4 Å². The zero-order chi connectivity index (χ0) is 21.9. The van der Waals surface area contributed by atoms with E-state index < -0.39 is 10.0 Å². The van der Waals surface area contributed by atoms with E-state index in [0.29, 0.717) is 11.3 Å². The lowest BCUT2D eigenvalue weighted by molar-refractivity contribution is -0.120. The first-order chi connectivity index (χ1) is 14.2. The van der Waals surface area contributed by atoms with Crippen LogP contribution in [0.2, 0.25) is 0 Å². The van der Waals surface area contributed by atoms with E-state index >= 15 is 0 Å². The fraction of sp³-hybridized carbons (Fsp3) is 0.364. The third-order valence-electron chi connectivity index (χ3n) is 5.20. The quantitative estimate of drug-likeness (QED) is 0.764. The lowest BCUT2D eigenvalue weighted by atomic mass is 9.88. The highest BCUT2D eigenvalue weighted by Crippen LogP contribution is 2.29. The normalized spacial score (nSPS) is 15.8. The second kappa shape index (κ2) is 8.87. The van der Waals surface area contributed by atoms with Crippen LogP contribution in [0.25, 0.3) is 0 Å². The first-order valence-corrected chi connectivity index (χ1v) is 11.7. The number of anilines is 1. The molecule has 0 aliphatic heterocycles. The predicted octanol–water partition coefficient (Wildman–Crippen LogP) is 2.35. The molecule has 0 bridgehead atoms. The summed E-state index contributed by atoms with van der Waals surface area (Å²) in [5.41, 5.74) is 3.09. The van der Waals surface area contributed by atoms with Gasteiger partial charge in [0, 0.05) is 19.7 Å². The molecule has 0 saturated heterocycles. The number of sulfonamides is 1. The van der Waals surface area contributed by atoms with E-state index in [0.717, 1.165) is 35.4 Å². The van der Waals surface area contributed by atoms with Crippen LogP contribution in [-0.2, 0) is 21.2 Å². The Morgan fingerprint density at radius 1 is 1.07 bits per heavy atom. The van der Waals surface area contributed by atoms with Gasteiger partial charge in [-0.25, -0.2) is 8.42 Å². The van der Waals surface area contributed by atoms with Crippen molar-refractivity contribution in [3.8, 4) is 0 Å². The van der Waals surface area contributed by atoms with Gasteiger partial charge in [-0.15, -0.1) is 0 Å². The smallest absolute Gasteiger partial charge is 0.253 e. The molecule has 0 spiro atoms. The SMILES string of the molecule is CN(C)C(=O)c1ccc(N(CC(=O)NC2CCCc3ccccc32)S(C)(=O)=O)cc1. The summed E-state index contributed by atoms with van der Waals surface area (Å²) in [6.07, 6.45) is 3.84. The molecule has 1 aliphatic carbocycles. The average molecular weight is 430 g/mol. The molecule has 8 heteroatoms. The van der Waals surface area contributed by atoms with Gasteiger partial charge < -0.3 is 10.2 Å². The Labute approximate surface area is 177 Å². The molecule has 160 valence electrons. The highest BCUT2D eigenvalue weighted by atomic mass is 32.2. The van der Waals surface area contributed by atoms with E-state index in [1.165, 1.54) is 10.5 Å². The summed E-state index contributed by atoms with van der Waals surface area (Å²) in [5, 5.41) is 2.99. The number of nitrogens with one attached hydrogen (secondary N) is 1. The third-order valence-corrected chi connectivity index (χ3v) is 6.34. The Morgan fingerprint density at radius 3 is 2.37 bits per heavy atom. The molecule has 2 amide bonds.